The van der Waals surface area contributed by atoms with E-state index in [0.717, 1.165) is 44.9 Å². The Bertz CT molecular complexity index is 773. The van der Waals surface area contributed by atoms with E-state index in [1.807, 2.05) is 0 Å². The normalized spacial score (nSPS) is 22.8. The van der Waals surface area contributed by atoms with Crippen LogP contribution in [0.4, 0.5) is 0 Å². The number of rotatable bonds is 34. The lowest BCUT2D eigenvalue weighted by atomic mass is 9.99. The average Bonchev–Trinajstić information content (AvgIpc) is 3.11. The van der Waals surface area contributed by atoms with Crippen molar-refractivity contribution in [3.8, 4) is 0 Å². The van der Waals surface area contributed by atoms with Gasteiger partial charge >= 0.3 is 0 Å². The van der Waals surface area contributed by atoms with Crippen LogP contribution in [0.5, 0.6) is 0 Å². The third-order valence-electron chi connectivity index (χ3n) is 10.3. The van der Waals surface area contributed by atoms with Gasteiger partial charge in [0.15, 0.2) is 6.29 Å². The first-order valence-corrected chi connectivity index (χ1v) is 20.8. The average molecular weight is 718 g/mol. The standard InChI is InChI=1S/C40H79NO9/c1-3-5-7-9-11-13-15-16-17-18-19-21-22-24-26-28-33(43)32(31-49-40-38(47)37(46)36(45)35(30-42)50-40)41-39(48)34(44)29-27-25-23-20-14-12-10-8-6-4-2/h32-38,40,42-47H,3-31H2,1-2H3,(H,41,48). The summed E-state index contributed by atoms with van der Waals surface area (Å²) >= 11 is 0. The summed E-state index contributed by atoms with van der Waals surface area (Å²) in [4.78, 5) is 13.0. The second-order valence-electron chi connectivity index (χ2n) is 14.9. The molecule has 1 rings (SSSR count). The fourth-order valence-electron chi connectivity index (χ4n) is 6.81. The number of nitrogens with one attached hydrogen (secondary N) is 1. The lowest BCUT2D eigenvalue weighted by Crippen LogP contribution is -2.60. The van der Waals surface area contributed by atoms with Crippen LogP contribution in [0, 0.1) is 0 Å². The van der Waals surface area contributed by atoms with Crippen LogP contribution >= 0.6 is 0 Å². The minimum atomic E-state index is -1.59. The van der Waals surface area contributed by atoms with Gasteiger partial charge in [0.1, 0.15) is 30.5 Å². The number of carbonyl (C=O) groups is 1. The van der Waals surface area contributed by atoms with E-state index in [0.29, 0.717) is 12.8 Å². The Morgan fingerprint density at radius 2 is 1.00 bits per heavy atom. The Labute approximate surface area is 305 Å². The van der Waals surface area contributed by atoms with E-state index in [2.05, 4.69) is 19.2 Å². The largest absolute Gasteiger partial charge is 0.394 e. The number of hydrogen-bond donors (Lipinski definition) is 7. The quantitative estimate of drug-likeness (QED) is 0.0364. The Kier molecular flexibility index (Phi) is 29.9. The molecule has 0 spiro atoms. The van der Waals surface area contributed by atoms with Crippen LogP contribution in [0.15, 0.2) is 0 Å². The topological polar surface area (TPSA) is 169 Å². The highest BCUT2D eigenvalue weighted by atomic mass is 16.7. The molecule has 0 bridgehead atoms. The predicted molar refractivity (Wildman–Crippen MR) is 200 cm³/mol. The predicted octanol–water partition coefficient (Wildman–Crippen LogP) is 6.58. The molecule has 1 amide bonds. The first-order chi connectivity index (χ1) is 24.3. The number of unbranched alkanes of at least 4 members (excludes halogenated alkanes) is 23. The molecular formula is C40H79NO9. The third kappa shape index (κ3) is 22.3. The van der Waals surface area contributed by atoms with E-state index < -0.39 is 61.5 Å². The van der Waals surface area contributed by atoms with Gasteiger partial charge in [0, 0.05) is 0 Å². The van der Waals surface area contributed by atoms with Crippen LogP contribution in [0.1, 0.15) is 187 Å². The summed E-state index contributed by atoms with van der Waals surface area (Å²) in [5.74, 6) is -0.584. The van der Waals surface area contributed by atoms with E-state index in [1.165, 1.54) is 116 Å². The number of amides is 1. The van der Waals surface area contributed by atoms with E-state index in [1.54, 1.807) is 0 Å². The van der Waals surface area contributed by atoms with Crippen molar-refractivity contribution in [2.75, 3.05) is 13.2 Å². The summed E-state index contributed by atoms with van der Waals surface area (Å²) in [7, 11) is 0. The molecule has 1 aliphatic heterocycles. The monoisotopic (exact) mass is 718 g/mol. The highest BCUT2D eigenvalue weighted by Crippen LogP contribution is 2.23. The molecule has 8 atom stereocenters. The molecule has 0 aromatic carbocycles. The summed E-state index contributed by atoms with van der Waals surface area (Å²) in [5.41, 5.74) is 0. The van der Waals surface area contributed by atoms with Gasteiger partial charge in [0.2, 0.25) is 5.91 Å². The summed E-state index contributed by atoms with van der Waals surface area (Å²) in [6, 6.07) is -0.885. The third-order valence-corrected chi connectivity index (χ3v) is 10.3. The summed E-state index contributed by atoms with van der Waals surface area (Å²) in [6.45, 7) is 3.64. The highest BCUT2D eigenvalue weighted by Gasteiger charge is 2.44. The zero-order valence-electron chi connectivity index (χ0n) is 32.0. The van der Waals surface area contributed by atoms with Crippen molar-refractivity contribution in [3.63, 3.8) is 0 Å². The maximum Gasteiger partial charge on any atom is 0.249 e. The van der Waals surface area contributed by atoms with Crippen LogP contribution in [-0.2, 0) is 14.3 Å². The van der Waals surface area contributed by atoms with Crippen molar-refractivity contribution in [1.29, 1.82) is 0 Å². The van der Waals surface area contributed by atoms with Crippen LogP contribution in [-0.4, -0.2) is 98.7 Å². The fourth-order valence-corrected chi connectivity index (χ4v) is 6.81. The van der Waals surface area contributed by atoms with Crippen molar-refractivity contribution < 1.29 is 44.9 Å². The minimum absolute atomic E-state index is 0.251. The molecule has 10 heteroatoms. The molecule has 1 fully saturated rings. The molecule has 0 aromatic rings. The van der Waals surface area contributed by atoms with Crippen LogP contribution < -0.4 is 5.32 Å². The lowest BCUT2D eigenvalue weighted by Gasteiger charge is -2.40. The van der Waals surface area contributed by atoms with Gasteiger partial charge < -0.3 is 45.4 Å². The number of carbonyl (C=O) groups excluding carboxylic acids is 1. The Balaban J connectivity index is 2.44. The molecule has 7 N–H and O–H groups in total. The van der Waals surface area contributed by atoms with Crippen LogP contribution in [0.25, 0.3) is 0 Å². The number of aliphatic hydroxyl groups excluding tert-OH is 6. The van der Waals surface area contributed by atoms with Crippen molar-refractivity contribution >= 4 is 5.91 Å². The summed E-state index contributed by atoms with van der Waals surface area (Å²) < 4.78 is 11.1. The van der Waals surface area contributed by atoms with E-state index in [4.69, 9.17) is 9.47 Å². The maximum absolute atomic E-state index is 13.0. The van der Waals surface area contributed by atoms with Gasteiger partial charge in [0.05, 0.1) is 25.4 Å². The molecule has 1 saturated heterocycles. The van der Waals surface area contributed by atoms with Gasteiger partial charge in [-0.3, -0.25) is 4.79 Å². The molecule has 0 saturated carbocycles. The van der Waals surface area contributed by atoms with Crippen molar-refractivity contribution in [3.05, 3.63) is 0 Å². The molecular weight excluding hydrogens is 638 g/mol. The van der Waals surface area contributed by atoms with Gasteiger partial charge in [-0.25, -0.2) is 0 Å². The SMILES string of the molecule is CCCCCCCCCCCCCCCCCC(O)C(COC1OC(CO)C(O)C(O)C1O)NC(=O)C(O)CCCCCCCCCCCC. The van der Waals surface area contributed by atoms with Gasteiger partial charge in [-0.05, 0) is 12.8 Å². The molecule has 10 nitrogen and oxygen atoms in total. The summed E-state index contributed by atoms with van der Waals surface area (Å²) in [6.07, 6.45) is 21.5. The van der Waals surface area contributed by atoms with Crippen LogP contribution in [0.3, 0.4) is 0 Å². The first kappa shape index (κ1) is 47.2. The maximum atomic E-state index is 13.0. The van der Waals surface area contributed by atoms with E-state index in [9.17, 15) is 35.4 Å². The molecule has 50 heavy (non-hydrogen) atoms. The van der Waals surface area contributed by atoms with Gasteiger partial charge in [-0.2, -0.15) is 0 Å². The molecule has 298 valence electrons. The second kappa shape index (κ2) is 31.7. The number of ether oxygens (including phenoxy) is 2. The van der Waals surface area contributed by atoms with Gasteiger partial charge in [0.25, 0.3) is 0 Å². The highest BCUT2D eigenvalue weighted by molar-refractivity contribution is 5.80. The number of hydrogen-bond acceptors (Lipinski definition) is 9. The molecule has 1 heterocycles. The van der Waals surface area contributed by atoms with Crippen LogP contribution in [0.2, 0.25) is 0 Å². The number of aliphatic hydroxyl groups is 6. The molecule has 0 aliphatic carbocycles. The van der Waals surface area contributed by atoms with E-state index >= 15 is 0 Å². The second-order valence-corrected chi connectivity index (χ2v) is 14.9. The van der Waals surface area contributed by atoms with Gasteiger partial charge in [-0.15, -0.1) is 0 Å². The molecule has 0 radical (unpaired) electrons. The van der Waals surface area contributed by atoms with Crippen molar-refractivity contribution in [2.45, 2.75) is 236 Å². The van der Waals surface area contributed by atoms with Gasteiger partial charge in [-0.1, -0.05) is 174 Å². The Hall–Kier alpha value is -0.850. The minimum Gasteiger partial charge on any atom is -0.394 e. The van der Waals surface area contributed by atoms with Crippen molar-refractivity contribution in [1.82, 2.24) is 5.32 Å². The molecule has 0 aromatic heterocycles. The summed E-state index contributed by atoms with van der Waals surface area (Å²) in [5, 5.41) is 64.5. The fraction of sp³-hybridized carbons (Fsp3) is 0.975. The molecule has 8 unspecified atom stereocenters. The molecule has 1 aliphatic rings. The first-order valence-electron chi connectivity index (χ1n) is 20.8. The zero-order chi connectivity index (χ0) is 36.8. The Morgan fingerprint density at radius 3 is 1.42 bits per heavy atom. The van der Waals surface area contributed by atoms with Crippen molar-refractivity contribution in [2.24, 2.45) is 0 Å². The zero-order valence-corrected chi connectivity index (χ0v) is 32.0. The smallest absolute Gasteiger partial charge is 0.249 e. The van der Waals surface area contributed by atoms with E-state index in [-0.39, 0.29) is 6.61 Å². The lowest BCUT2D eigenvalue weighted by molar-refractivity contribution is -0.302. The Morgan fingerprint density at radius 1 is 0.600 bits per heavy atom.